The Kier molecular flexibility index (Phi) is 2.52. The van der Waals surface area contributed by atoms with Crippen LogP contribution in [0.1, 0.15) is 51.4 Å². The van der Waals surface area contributed by atoms with Gasteiger partial charge in [-0.05, 0) is 38.5 Å². The van der Waals surface area contributed by atoms with Crippen LogP contribution in [0.4, 0.5) is 0 Å². The van der Waals surface area contributed by atoms with Crippen LogP contribution in [0.2, 0.25) is 0 Å². The predicted molar refractivity (Wildman–Crippen MR) is 53.5 cm³/mol. The van der Waals surface area contributed by atoms with E-state index in [9.17, 15) is 4.79 Å². The van der Waals surface area contributed by atoms with Gasteiger partial charge in [0.05, 0.1) is 0 Å². The van der Waals surface area contributed by atoms with Crippen molar-refractivity contribution in [3.63, 3.8) is 0 Å². The smallest absolute Gasteiger partial charge is 0.126 e. The molecule has 0 spiro atoms. The van der Waals surface area contributed by atoms with Gasteiger partial charge in [0.1, 0.15) is 6.29 Å². The summed E-state index contributed by atoms with van der Waals surface area (Å²) in [4.78, 5) is 11.1. The second-order valence-electron chi connectivity index (χ2n) is 4.62. The van der Waals surface area contributed by atoms with Crippen molar-refractivity contribution in [2.24, 2.45) is 5.41 Å². The molecule has 72 valence electrons. The van der Waals surface area contributed by atoms with Crippen molar-refractivity contribution in [2.75, 3.05) is 0 Å². The molecule has 0 atom stereocenters. The molecule has 2 aliphatic rings. The average molecular weight is 178 g/mol. The molecular weight excluding hydrogens is 160 g/mol. The lowest BCUT2D eigenvalue weighted by molar-refractivity contribution is -0.115. The minimum Gasteiger partial charge on any atom is -0.303 e. The van der Waals surface area contributed by atoms with Crippen molar-refractivity contribution in [1.29, 1.82) is 0 Å². The maximum Gasteiger partial charge on any atom is 0.126 e. The van der Waals surface area contributed by atoms with Gasteiger partial charge in [0.15, 0.2) is 0 Å². The molecule has 1 heteroatoms. The average Bonchev–Trinajstić information content (AvgIpc) is 2.77. The summed E-state index contributed by atoms with van der Waals surface area (Å²) in [6.07, 6.45) is 13.2. The van der Waals surface area contributed by atoms with Crippen LogP contribution < -0.4 is 0 Å². The number of hydrogen-bond donors (Lipinski definition) is 0. The van der Waals surface area contributed by atoms with Gasteiger partial charge in [-0.2, -0.15) is 0 Å². The minimum atomic E-state index is 0.0518. The molecule has 0 aromatic rings. The first kappa shape index (κ1) is 8.98. The molecule has 0 unspecified atom stereocenters. The Balaban J connectivity index is 2.00. The quantitative estimate of drug-likeness (QED) is 0.479. The van der Waals surface area contributed by atoms with E-state index in [1.165, 1.54) is 38.4 Å². The van der Waals surface area contributed by atoms with Crippen LogP contribution >= 0.6 is 0 Å². The van der Waals surface area contributed by atoms with Gasteiger partial charge in [0, 0.05) is 5.41 Å². The Hall–Kier alpha value is -0.590. The van der Waals surface area contributed by atoms with Crippen molar-refractivity contribution in [1.82, 2.24) is 0 Å². The fourth-order valence-electron chi connectivity index (χ4n) is 2.77. The highest BCUT2D eigenvalue weighted by atomic mass is 16.1. The summed E-state index contributed by atoms with van der Waals surface area (Å²) >= 11 is 0. The third-order valence-corrected chi connectivity index (χ3v) is 3.56. The molecule has 0 aliphatic heterocycles. The van der Waals surface area contributed by atoms with Gasteiger partial charge in [0.2, 0.25) is 0 Å². The molecule has 13 heavy (non-hydrogen) atoms. The number of hydrogen-bond acceptors (Lipinski definition) is 1. The molecule has 0 heterocycles. The summed E-state index contributed by atoms with van der Waals surface area (Å²) in [6, 6.07) is 0. The zero-order valence-electron chi connectivity index (χ0n) is 8.22. The highest BCUT2D eigenvalue weighted by Gasteiger charge is 2.34. The summed E-state index contributed by atoms with van der Waals surface area (Å²) in [7, 11) is 0. The van der Waals surface area contributed by atoms with E-state index in [0.717, 1.165) is 19.3 Å². The molecule has 1 nitrogen and oxygen atoms in total. The van der Waals surface area contributed by atoms with Crippen molar-refractivity contribution in [2.45, 2.75) is 51.4 Å². The molecule has 1 fully saturated rings. The lowest BCUT2D eigenvalue weighted by atomic mass is 9.81. The number of carbonyl (C=O) groups excluding carboxylic acids is 1. The van der Waals surface area contributed by atoms with Crippen LogP contribution in [-0.2, 0) is 4.79 Å². The first-order chi connectivity index (χ1) is 6.35. The third-order valence-electron chi connectivity index (χ3n) is 3.56. The third kappa shape index (κ3) is 1.84. The Morgan fingerprint density at radius 3 is 2.62 bits per heavy atom. The highest BCUT2D eigenvalue weighted by Crippen LogP contribution is 2.43. The van der Waals surface area contributed by atoms with E-state index in [1.54, 1.807) is 5.57 Å². The Morgan fingerprint density at radius 2 is 2.08 bits per heavy atom. The molecule has 2 rings (SSSR count). The fourth-order valence-corrected chi connectivity index (χ4v) is 2.77. The lowest BCUT2D eigenvalue weighted by Gasteiger charge is -2.22. The van der Waals surface area contributed by atoms with E-state index in [0.29, 0.717) is 0 Å². The maximum absolute atomic E-state index is 11.1. The van der Waals surface area contributed by atoms with E-state index in [1.807, 2.05) is 0 Å². The van der Waals surface area contributed by atoms with Crippen molar-refractivity contribution in [3.8, 4) is 0 Å². The molecule has 0 bridgehead atoms. The van der Waals surface area contributed by atoms with Crippen molar-refractivity contribution >= 4 is 6.29 Å². The zero-order chi connectivity index (χ0) is 9.15. The molecule has 0 N–H and O–H groups in total. The second-order valence-corrected chi connectivity index (χ2v) is 4.62. The molecule has 0 saturated heterocycles. The van der Waals surface area contributed by atoms with Gasteiger partial charge in [-0.15, -0.1) is 0 Å². The molecule has 1 saturated carbocycles. The van der Waals surface area contributed by atoms with Gasteiger partial charge in [-0.1, -0.05) is 24.5 Å². The van der Waals surface area contributed by atoms with Gasteiger partial charge in [-0.3, -0.25) is 0 Å². The molecular formula is C12H18O. The number of rotatable bonds is 3. The number of aldehydes is 1. The lowest BCUT2D eigenvalue weighted by Crippen LogP contribution is -2.18. The van der Waals surface area contributed by atoms with E-state index in [2.05, 4.69) is 6.08 Å². The van der Waals surface area contributed by atoms with Crippen molar-refractivity contribution < 1.29 is 4.79 Å². The predicted octanol–water partition coefficient (Wildman–Crippen LogP) is 3.25. The Bertz CT molecular complexity index is 221. The normalized spacial score (nSPS) is 26.0. The maximum atomic E-state index is 11.1. The van der Waals surface area contributed by atoms with Crippen LogP contribution in [0, 0.1) is 5.41 Å². The summed E-state index contributed by atoms with van der Waals surface area (Å²) in [5, 5.41) is 0. The molecule has 0 aromatic heterocycles. The molecule has 0 amide bonds. The zero-order valence-corrected chi connectivity index (χ0v) is 8.22. The SMILES string of the molecule is O=CC1(CC2=CCCC2)CCCC1. The number of allylic oxidation sites excluding steroid dienone is 2. The molecule has 0 radical (unpaired) electrons. The van der Waals surface area contributed by atoms with Crippen LogP contribution in [0.5, 0.6) is 0 Å². The first-order valence-corrected chi connectivity index (χ1v) is 5.49. The van der Waals surface area contributed by atoms with Gasteiger partial charge < -0.3 is 4.79 Å². The van der Waals surface area contributed by atoms with E-state index in [4.69, 9.17) is 0 Å². The largest absolute Gasteiger partial charge is 0.303 e. The van der Waals surface area contributed by atoms with E-state index < -0.39 is 0 Å². The molecule has 2 aliphatic carbocycles. The summed E-state index contributed by atoms with van der Waals surface area (Å²) in [5.41, 5.74) is 1.60. The van der Waals surface area contributed by atoms with Crippen molar-refractivity contribution in [3.05, 3.63) is 11.6 Å². The number of carbonyl (C=O) groups is 1. The summed E-state index contributed by atoms with van der Waals surface area (Å²) in [5.74, 6) is 0. The monoisotopic (exact) mass is 178 g/mol. The van der Waals surface area contributed by atoms with E-state index in [-0.39, 0.29) is 5.41 Å². The Labute approximate surface area is 80.2 Å². The van der Waals surface area contributed by atoms with Crippen LogP contribution in [-0.4, -0.2) is 6.29 Å². The topological polar surface area (TPSA) is 17.1 Å². The van der Waals surface area contributed by atoms with Crippen LogP contribution in [0.25, 0.3) is 0 Å². The fraction of sp³-hybridized carbons (Fsp3) is 0.750. The van der Waals surface area contributed by atoms with Gasteiger partial charge >= 0.3 is 0 Å². The highest BCUT2D eigenvalue weighted by molar-refractivity contribution is 5.60. The Morgan fingerprint density at radius 1 is 1.31 bits per heavy atom. The van der Waals surface area contributed by atoms with E-state index >= 15 is 0 Å². The van der Waals surface area contributed by atoms with Crippen LogP contribution in [0.15, 0.2) is 11.6 Å². The standard InChI is InChI=1S/C12H18O/c13-10-12(7-3-4-8-12)9-11-5-1-2-6-11/h5,10H,1-4,6-9H2. The first-order valence-electron chi connectivity index (χ1n) is 5.49. The van der Waals surface area contributed by atoms with Gasteiger partial charge in [0.25, 0.3) is 0 Å². The summed E-state index contributed by atoms with van der Waals surface area (Å²) in [6.45, 7) is 0. The molecule has 0 aromatic carbocycles. The second kappa shape index (κ2) is 3.65. The summed E-state index contributed by atoms with van der Waals surface area (Å²) < 4.78 is 0. The van der Waals surface area contributed by atoms with Gasteiger partial charge in [-0.25, -0.2) is 0 Å². The van der Waals surface area contributed by atoms with Crippen LogP contribution in [0.3, 0.4) is 0 Å². The minimum absolute atomic E-state index is 0.0518.